The van der Waals surface area contributed by atoms with E-state index in [4.69, 9.17) is 11.6 Å². The SMILES string of the molecule is O=c1[nH]cnc2c(Cl)ccc(-c3cnccc3C(F)(F)F)c12. The maximum Gasteiger partial charge on any atom is 0.417 e. The van der Waals surface area contributed by atoms with Gasteiger partial charge in [-0.2, -0.15) is 13.2 Å². The minimum absolute atomic E-state index is 0.00602. The highest BCUT2D eigenvalue weighted by Gasteiger charge is 2.34. The third kappa shape index (κ3) is 2.33. The number of rotatable bonds is 1. The van der Waals surface area contributed by atoms with Crippen molar-refractivity contribution in [1.29, 1.82) is 0 Å². The van der Waals surface area contributed by atoms with Crippen LogP contribution < -0.4 is 5.56 Å². The van der Waals surface area contributed by atoms with Gasteiger partial charge in [-0.1, -0.05) is 17.7 Å². The van der Waals surface area contributed by atoms with Gasteiger partial charge in [-0.25, -0.2) is 4.98 Å². The molecule has 0 aliphatic heterocycles. The van der Waals surface area contributed by atoms with Gasteiger partial charge < -0.3 is 4.98 Å². The summed E-state index contributed by atoms with van der Waals surface area (Å²) in [4.78, 5) is 22.0. The maximum absolute atomic E-state index is 13.2. The molecule has 112 valence electrons. The maximum atomic E-state index is 13.2. The topological polar surface area (TPSA) is 58.6 Å². The monoisotopic (exact) mass is 325 g/mol. The first kappa shape index (κ1) is 14.5. The summed E-state index contributed by atoms with van der Waals surface area (Å²) in [7, 11) is 0. The second-order valence-corrected chi connectivity index (χ2v) is 4.88. The standard InChI is InChI=1S/C14H7ClF3N3O/c15-10-2-1-7(11-12(10)20-6-21-13(11)22)8-5-19-4-3-9(8)14(16,17)18/h1-6H,(H,20,21,22). The molecule has 0 aliphatic rings. The van der Waals surface area contributed by atoms with E-state index in [0.29, 0.717) is 0 Å². The van der Waals surface area contributed by atoms with Gasteiger partial charge in [-0.3, -0.25) is 9.78 Å². The average molecular weight is 326 g/mol. The van der Waals surface area contributed by atoms with Crippen molar-refractivity contribution in [2.75, 3.05) is 0 Å². The molecule has 8 heteroatoms. The number of fused-ring (bicyclic) bond motifs is 1. The van der Waals surface area contributed by atoms with Crippen LogP contribution in [-0.4, -0.2) is 15.0 Å². The Morgan fingerprint density at radius 3 is 2.64 bits per heavy atom. The van der Waals surface area contributed by atoms with Crippen LogP contribution in [-0.2, 0) is 6.18 Å². The first-order valence-electron chi connectivity index (χ1n) is 6.07. The second-order valence-electron chi connectivity index (χ2n) is 4.47. The fourth-order valence-electron chi connectivity index (χ4n) is 2.23. The lowest BCUT2D eigenvalue weighted by molar-refractivity contribution is -0.137. The third-order valence-electron chi connectivity index (χ3n) is 3.16. The first-order valence-corrected chi connectivity index (χ1v) is 6.45. The summed E-state index contributed by atoms with van der Waals surface area (Å²) in [6.45, 7) is 0. The normalized spacial score (nSPS) is 11.8. The molecule has 0 radical (unpaired) electrons. The van der Waals surface area contributed by atoms with E-state index in [2.05, 4.69) is 15.0 Å². The van der Waals surface area contributed by atoms with E-state index in [0.717, 1.165) is 24.8 Å². The Balaban J connectivity index is 2.43. The van der Waals surface area contributed by atoms with Crippen molar-refractivity contribution in [2.45, 2.75) is 6.18 Å². The zero-order chi connectivity index (χ0) is 15.9. The lowest BCUT2D eigenvalue weighted by Gasteiger charge is -2.13. The van der Waals surface area contributed by atoms with Crippen LogP contribution in [0.2, 0.25) is 5.02 Å². The van der Waals surface area contributed by atoms with Gasteiger partial charge in [0.15, 0.2) is 0 Å². The van der Waals surface area contributed by atoms with Crippen molar-refractivity contribution in [3.05, 3.63) is 57.9 Å². The van der Waals surface area contributed by atoms with Crippen molar-refractivity contribution in [1.82, 2.24) is 15.0 Å². The van der Waals surface area contributed by atoms with Gasteiger partial charge in [0.2, 0.25) is 0 Å². The molecule has 0 bridgehead atoms. The molecule has 0 saturated carbocycles. The van der Waals surface area contributed by atoms with Crippen LogP contribution in [0.1, 0.15) is 5.56 Å². The van der Waals surface area contributed by atoms with Crippen LogP contribution in [0.4, 0.5) is 13.2 Å². The molecule has 0 fully saturated rings. The number of halogens is 4. The number of nitrogens with zero attached hydrogens (tertiary/aromatic N) is 2. The van der Waals surface area contributed by atoms with Gasteiger partial charge in [0, 0.05) is 18.0 Å². The summed E-state index contributed by atoms with van der Waals surface area (Å²) < 4.78 is 39.5. The summed E-state index contributed by atoms with van der Waals surface area (Å²) in [5.74, 6) is 0. The van der Waals surface area contributed by atoms with Gasteiger partial charge in [-0.05, 0) is 17.7 Å². The van der Waals surface area contributed by atoms with Crippen LogP contribution in [0.3, 0.4) is 0 Å². The van der Waals surface area contributed by atoms with Crippen molar-refractivity contribution in [3.63, 3.8) is 0 Å². The van der Waals surface area contributed by atoms with Crippen molar-refractivity contribution in [2.24, 2.45) is 0 Å². The minimum Gasteiger partial charge on any atom is -0.313 e. The number of aromatic amines is 1. The van der Waals surface area contributed by atoms with Gasteiger partial charge in [0.1, 0.15) is 0 Å². The van der Waals surface area contributed by atoms with Crippen molar-refractivity contribution >= 4 is 22.5 Å². The fourth-order valence-corrected chi connectivity index (χ4v) is 2.44. The third-order valence-corrected chi connectivity index (χ3v) is 3.47. The lowest BCUT2D eigenvalue weighted by atomic mass is 9.98. The lowest BCUT2D eigenvalue weighted by Crippen LogP contribution is -2.11. The first-order chi connectivity index (χ1) is 10.4. The molecule has 0 unspecified atom stereocenters. The Kier molecular flexibility index (Phi) is 3.37. The van der Waals surface area contributed by atoms with Gasteiger partial charge in [0.25, 0.3) is 5.56 Å². The Bertz CT molecular complexity index is 921. The van der Waals surface area contributed by atoms with Crippen molar-refractivity contribution in [3.8, 4) is 11.1 Å². The molecule has 4 nitrogen and oxygen atoms in total. The number of hydrogen-bond donors (Lipinski definition) is 1. The highest BCUT2D eigenvalue weighted by molar-refractivity contribution is 6.35. The summed E-state index contributed by atoms with van der Waals surface area (Å²) in [5, 5.41) is 0.177. The van der Waals surface area contributed by atoms with Crippen LogP contribution in [0.15, 0.2) is 41.7 Å². The van der Waals surface area contributed by atoms with Gasteiger partial charge in [-0.15, -0.1) is 0 Å². The number of nitrogens with one attached hydrogen (secondary N) is 1. The molecule has 2 aromatic heterocycles. The molecule has 22 heavy (non-hydrogen) atoms. The Hall–Kier alpha value is -2.41. The van der Waals surface area contributed by atoms with Crippen LogP contribution in [0.25, 0.3) is 22.0 Å². The van der Waals surface area contributed by atoms with Gasteiger partial charge in [0.05, 0.1) is 27.8 Å². The van der Waals surface area contributed by atoms with Gasteiger partial charge >= 0.3 is 6.18 Å². The number of H-pyrrole nitrogens is 1. The Morgan fingerprint density at radius 2 is 1.91 bits per heavy atom. The number of benzene rings is 1. The molecule has 0 aliphatic carbocycles. The number of alkyl halides is 3. The summed E-state index contributed by atoms with van der Waals surface area (Å²) in [5.41, 5.74) is -1.43. The zero-order valence-corrected chi connectivity index (χ0v) is 11.5. The summed E-state index contributed by atoms with van der Waals surface area (Å²) in [6.07, 6.45) is -1.31. The molecule has 1 aromatic carbocycles. The van der Waals surface area contributed by atoms with E-state index in [1.54, 1.807) is 0 Å². The molecular formula is C14H7ClF3N3O. The Morgan fingerprint density at radius 1 is 1.14 bits per heavy atom. The summed E-state index contributed by atoms with van der Waals surface area (Å²) >= 11 is 5.97. The van der Waals surface area contributed by atoms with E-state index < -0.39 is 17.3 Å². The zero-order valence-electron chi connectivity index (χ0n) is 10.8. The second kappa shape index (κ2) is 5.10. The molecule has 0 atom stereocenters. The van der Waals surface area contributed by atoms with E-state index in [1.807, 2.05) is 0 Å². The molecule has 0 amide bonds. The van der Waals surface area contributed by atoms with E-state index >= 15 is 0 Å². The van der Waals surface area contributed by atoms with E-state index in [1.165, 1.54) is 12.1 Å². The molecule has 0 saturated heterocycles. The van der Waals surface area contributed by atoms with E-state index in [9.17, 15) is 18.0 Å². The quantitative estimate of drug-likeness (QED) is 0.743. The van der Waals surface area contributed by atoms with Crippen molar-refractivity contribution < 1.29 is 13.2 Å². The largest absolute Gasteiger partial charge is 0.417 e. The van der Waals surface area contributed by atoms with E-state index in [-0.39, 0.29) is 27.1 Å². The smallest absolute Gasteiger partial charge is 0.313 e. The number of aromatic nitrogens is 3. The predicted molar refractivity (Wildman–Crippen MR) is 75.6 cm³/mol. The highest BCUT2D eigenvalue weighted by atomic mass is 35.5. The molecule has 1 N–H and O–H groups in total. The van der Waals surface area contributed by atoms with Crippen LogP contribution in [0.5, 0.6) is 0 Å². The highest BCUT2D eigenvalue weighted by Crippen LogP contribution is 2.38. The average Bonchev–Trinajstić information content (AvgIpc) is 2.48. The molecule has 0 spiro atoms. The summed E-state index contributed by atoms with van der Waals surface area (Å²) in [6, 6.07) is 3.62. The van der Waals surface area contributed by atoms with Crippen LogP contribution >= 0.6 is 11.6 Å². The minimum atomic E-state index is -4.57. The molecular weight excluding hydrogens is 319 g/mol. The fraction of sp³-hybridized carbons (Fsp3) is 0.0714. The molecule has 2 heterocycles. The molecule has 3 rings (SSSR count). The molecule has 3 aromatic rings. The number of pyridine rings is 1. The number of hydrogen-bond acceptors (Lipinski definition) is 3. The predicted octanol–water partition coefficient (Wildman–Crippen LogP) is 3.66. The van der Waals surface area contributed by atoms with Crippen LogP contribution in [0, 0.1) is 0 Å². The Labute approximate surface area is 126 Å².